The first-order valence-corrected chi connectivity index (χ1v) is 56.8. The molecule has 8 unspecified atom stereocenters. The van der Waals surface area contributed by atoms with Gasteiger partial charge < -0.3 is 0 Å². The number of hydrogen-bond donors (Lipinski definition) is 0. The minimum atomic E-state index is 0.0358. The van der Waals surface area contributed by atoms with Crippen molar-refractivity contribution in [3.63, 3.8) is 0 Å². The van der Waals surface area contributed by atoms with E-state index in [1.807, 2.05) is 71.2 Å². The molecule has 8 aliphatic heterocycles. The number of rotatable bonds is 0. The molecule has 0 spiro atoms. The van der Waals surface area contributed by atoms with Crippen LogP contribution in [0.4, 0.5) is 5.69 Å². The van der Waals surface area contributed by atoms with Crippen LogP contribution in [0.1, 0.15) is 299 Å². The Balaban J connectivity index is 0.000000108. The van der Waals surface area contributed by atoms with Crippen molar-refractivity contribution in [1.82, 2.24) is 9.97 Å². The number of thioether (sulfide) groups is 5. The molecule has 3 nitrogen and oxygen atoms in total. The van der Waals surface area contributed by atoms with Crippen LogP contribution < -0.4 is 0 Å². The van der Waals surface area contributed by atoms with Gasteiger partial charge in [-0.2, -0.15) is 0 Å². The number of para-hydroxylation sites is 1. The molecule has 10 heteroatoms. The molecule has 0 radical (unpaired) electrons. The zero-order valence-electron chi connectivity index (χ0n) is 85.9. The summed E-state index contributed by atoms with van der Waals surface area (Å²) >= 11 is 13.7. The third kappa shape index (κ3) is 20.5. The molecule has 0 saturated heterocycles. The van der Waals surface area contributed by atoms with Crippen LogP contribution in [0.15, 0.2) is 389 Å². The molecular formula is C130H139N3S7. The van der Waals surface area contributed by atoms with Gasteiger partial charge in [0, 0.05) is 130 Å². The summed E-state index contributed by atoms with van der Waals surface area (Å²) in [6.45, 7) is 49.2. The lowest BCUT2D eigenvalue weighted by Gasteiger charge is -2.49. The number of aliphatic imine (C=N–C) groups is 1. The standard InChI is InChI=1S/C22H22S.C20H22S.C19H20S.C18H20S.C17H17NS.2C17H19NS/c1-22(2,3)21-17-13-12-15-8-4-5-9-16(15)19(17)14-23-20-11-7-6-10-18(20)21;1-19(2,3)20-13-12-17(14-8-4-5-9-15(14)20)21-18-11-7-6-10-16(18)20;1-18(2,3)19-12-17(13-8-4-5-9-14(13)19)20-16-11-7-6-10-15(16)19;1-18(2,3)15-12-13-8-4-6-10-16(13)19-17-11-7-5-9-14(15)17;1-17(2,3)16-12-8-4-6-10-14(12)19-15-11-7-5-9-13(15)18-16;1-17(2,3)16-12-8-6-10-18-14(12)11-19-15-9-5-4-7-13(15)16;1-17(2,3)16-13-6-4-5-7-15(13)19-11-12-8-9-18-10-14(12)16/h4-13,21H,14H2,1-3H3;4-11,17H,12-13H2,1-3H3;4-11,17H,12H2,1-3H3;4-11,15H,12H2,1-3H3;4-11H,1-3H3;2*4-10,16H,11H2,1-3H3. The second kappa shape index (κ2) is 41.0. The van der Waals surface area contributed by atoms with Crippen LogP contribution in [0.25, 0.3) is 10.8 Å². The maximum Gasteiger partial charge on any atom is 0.0772 e. The predicted octanol–water partition coefficient (Wildman–Crippen LogP) is 38.7. The Morgan fingerprint density at radius 1 is 0.307 bits per heavy atom. The normalized spacial score (nSPS) is 20.2. The van der Waals surface area contributed by atoms with E-state index in [0.717, 1.165) is 29.4 Å². The van der Waals surface area contributed by atoms with Crippen LogP contribution >= 0.6 is 82.3 Å². The second-order valence-electron chi connectivity index (χ2n) is 46.4. The lowest BCUT2D eigenvalue weighted by atomic mass is 9.54. The van der Waals surface area contributed by atoms with Crippen molar-refractivity contribution in [3.05, 3.63) is 440 Å². The van der Waals surface area contributed by atoms with Crippen LogP contribution in [0.2, 0.25) is 0 Å². The molecule has 140 heavy (non-hydrogen) atoms. The fourth-order valence-corrected chi connectivity index (χ4v) is 31.9. The Labute approximate surface area is 867 Å². The molecular weight excluding hydrogens is 1830 g/mol. The summed E-state index contributed by atoms with van der Waals surface area (Å²) in [5, 5.41) is 4.02. The van der Waals surface area contributed by atoms with E-state index >= 15 is 0 Å². The van der Waals surface area contributed by atoms with Crippen LogP contribution in [-0.4, -0.2) is 15.7 Å². The quantitative estimate of drug-likeness (QED) is 0.148. The molecule has 2 aromatic heterocycles. The minimum absolute atomic E-state index is 0.0358. The highest BCUT2D eigenvalue weighted by Gasteiger charge is 2.56. The van der Waals surface area contributed by atoms with E-state index in [-0.39, 0.29) is 48.7 Å². The predicted molar refractivity (Wildman–Crippen MR) is 607 cm³/mol. The van der Waals surface area contributed by atoms with Gasteiger partial charge in [0.25, 0.3) is 0 Å². The van der Waals surface area contributed by atoms with E-state index in [4.69, 9.17) is 4.99 Å². The first kappa shape index (κ1) is 101. The van der Waals surface area contributed by atoms with Gasteiger partial charge in [-0.25, -0.2) is 0 Å². The molecule has 10 heterocycles. The van der Waals surface area contributed by atoms with Gasteiger partial charge in [0.2, 0.25) is 0 Å². The lowest BCUT2D eigenvalue weighted by molar-refractivity contribution is 0.197. The van der Waals surface area contributed by atoms with Crippen molar-refractivity contribution >= 4 is 105 Å². The molecule has 15 aromatic rings. The van der Waals surface area contributed by atoms with Gasteiger partial charge in [-0.1, -0.05) is 418 Å². The number of pyridine rings is 2. The summed E-state index contributed by atoms with van der Waals surface area (Å²) in [5.74, 6) is 4.93. The Kier molecular flexibility index (Phi) is 29.5. The summed E-state index contributed by atoms with van der Waals surface area (Å²) in [6.07, 6.45) is 10.8. The molecule has 10 aliphatic rings. The lowest BCUT2D eigenvalue weighted by Crippen LogP contribution is -2.43. The summed E-state index contributed by atoms with van der Waals surface area (Å²) in [5.41, 5.74) is 30.4. The van der Waals surface area contributed by atoms with E-state index in [2.05, 4.69) is 507 Å². The summed E-state index contributed by atoms with van der Waals surface area (Å²) in [4.78, 5) is 26.5. The topological polar surface area (TPSA) is 38.1 Å². The first-order valence-electron chi connectivity index (χ1n) is 50.4. The fourth-order valence-electron chi connectivity index (χ4n) is 23.5. The van der Waals surface area contributed by atoms with Gasteiger partial charge in [0.1, 0.15) is 0 Å². The highest BCUT2D eigenvalue weighted by molar-refractivity contribution is 8.00. The van der Waals surface area contributed by atoms with Crippen LogP contribution in [0, 0.1) is 37.9 Å². The summed E-state index contributed by atoms with van der Waals surface area (Å²) in [6, 6.07) is 118. The van der Waals surface area contributed by atoms with Crippen LogP contribution in [0.3, 0.4) is 0 Å². The van der Waals surface area contributed by atoms with Crippen LogP contribution in [-0.2, 0) is 34.5 Å². The molecule has 13 aromatic carbocycles. The average Bonchev–Trinajstić information content (AvgIpc) is 1.54. The van der Waals surface area contributed by atoms with Gasteiger partial charge in [0.05, 0.1) is 17.1 Å². The van der Waals surface area contributed by atoms with Gasteiger partial charge in [0.15, 0.2) is 0 Å². The third-order valence-corrected chi connectivity index (χ3v) is 38.4. The Morgan fingerprint density at radius 3 is 1.34 bits per heavy atom. The second-order valence-corrected chi connectivity index (χ2v) is 54.1. The van der Waals surface area contributed by atoms with Crippen LogP contribution in [0.5, 0.6) is 0 Å². The van der Waals surface area contributed by atoms with Crippen molar-refractivity contribution in [2.75, 3.05) is 0 Å². The van der Waals surface area contributed by atoms with Gasteiger partial charge >= 0.3 is 0 Å². The smallest absolute Gasteiger partial charge is 0.0772 e. The van der Waals surface area contributed by atoms with E-state index in [1.54, 1.807) is 33.4 Å². The molecule has 25 rings (SSSR count). The number of nitrogens with zero attached hydrogens (tertiary/aromatic N) is 3. The Hall–Kier alpha value is -9.46. The van der Waals surface area contributed by atoms with Crippen molar-refractivity contribution in [3.8, 4) is 0 Å². The van der Waals surface area contributed by atoms with E-state index < -0.39 is 0 Å². The minimum Gasteiger partial charge on any atom is -0.264 e. The zero-order valence-corrected chi connectivity index (χ0v) is 91.7. The van der Waals surface area contributed by atoms with Gasteiger partial charge in [-0.05, 0) is 237 Å². The fraction of sp³-hybridized carbons (Fsp3) is 0.331. The molecule has 0 saturated carbocycles. The maximum atomic E-state index is 4.95. The number of aromatic nitrogens is 2. The van der Waals surface area contributed by atoms with E-state index in [9.17, 15) is 0 Å². The molecule has 0 amide bonds. The zero-order chi connectivity index (χ0) is 98.5. The number of hydrogen-bond acceptors (Lipinski definition) is 10. The van der Waals surface area contributed by atoms with Crippen molar-refractivity contribution in [2.45, 2.75) is 277 Å². The molecule has 716 valence electrons. The summed E-state index contributed by atoms with van der Waals surface area (Å²) < 4.78 is 0. The molecule has 0 fully saturated rings. The molecule has 8 atom stereocenters. The highest BCUT2D eigenvalue weighted by atomic mass is 32.2. The van der Waals surface area contributed by atoms with Crippen molar-refractivity contribution < 1.29 is 0 Å². The summed E-state index contributed by atoms with van der Waals surface area (Å²) in [7, 11) is 0. The maximum absolute atomic E-state index is 4.95. The average molecular weight is 1970 g/mol. The molecule has 0 N–H and O–H groups in total. The first-order chi connectivity index (χ1) is 66.9. The number of fused-ring (bicyclic) bond motifs is 20. The molecule has 2 aliphatic carbocycles. The Bertz CT molecular complexity index is 6810. The van der Waals surface area contributed by atoms with E-state index in [0.29, 0.717) is 34.2 Å². The highest BCUT2D eigenvalue weighted by Crippen LogP contribution is 2.68. The van der Waals surface area contributed by atoms with Crippen molar-refractivity contribution in [1.29, 1.82) is 0 Å². The Morgan fingerprint density at radius 2 is 0.750 bits per heavy atom. The van der Waals surface area contributed by atoms with Crippen molar-refractivity contribution in [2.24, 2.45) is 42.9 Å². The molecule has 4 bridgehead atoms. The monoisotopic (exact) mass is 1970 g/mol. The van der Waals surface area contributed by atoms with Gasteiger partial charge in [-0.15, -0.1) is 58.8 Å². The SMILES string of the molecule is CC(C)(C)C12CC(Sc3ccccc31)c1ccccc12.CC(C)(C)C12CCC(Sc3ccccc31)c1ccccc12.CC(C)(C)C1=Nc2ccccc2Sc2ccccc21.CC(C)(C)C1Cc2ccccc2Sc2ccccc21.CC(C)(C)C1c2ccccc2SCc2c1ccc1ccccc21.CC(C)(C)C1c2ccccc2SCc2ncccc21.CC(C)(C)C1c2cnccc2CSc2ccccc21. The van der Waals surface area contributed by atoms with Gasteiger partial charge in [-0.3, -0.25) is 15.0 Å². The number of benzene rings is 13. The van der Waals surface area contributed by atoms with E-state index in [1.165, 1.54) is 147 Å². The third-order valence-electron chi connectivity index (χ3n) is 30.0. The largest absolute Gasteiger partial charge is 0.264 e.